The van der Waals surface area contributed by atoms with Gasteiger partial charge in [0.15, 0.2) is 11.5 Å². The van der Waals surface area contributed by atoms with Gasteiger partial charge in [-0.05, 0) is 36.4 Å². The number of rotatable bonds is 3. The van der Waals surface area contributed by atoms with Gasteiger partial charge in [-0.15, -0.1) is 0 Å². The molecule has 2 aromatic heterocycles. The molecule has 1 saturated heterocycles. The molecule has 1 aliphatic heterocycles. The van der Waals surface area contributed by atoms with Crippen LogP contribution >= 0.6 is 0 Å². The fourth-order valence-electron chi connectivity index (χ4n) is 3.69. The number of aromatic nitrogens is 3. The molecular formula is C22H20FN5O. The van der Waals surface area contributed by atoms with Gasteiger partial charge < -0.3 is 15.4 Å². The predicted molar refractivity (Wildman–Crippen MR) is 111 cm³/mol. The van der Waals surface area contributed by atoms with E-state index in [1.807, 2.05) is 34.9 Å². The van der Waals surface area contributed by atoms with Crippen molar-refractivity contribution in [1.29, 1.82) is 0 Å². The zero-order valence-corrected chi connectivity index (χ0v) is 15.8. The van der Waals surface area contributed by atoms with E-state index in [-0.39, 0.29) is 5.82 Å². The maximum Gasteiger partial charge on any atom is 0.181 e. The van der Waals surface area contributed by atoms with Crippen molar-refractivity contribution in [3.63, 3.8) is 0 Å². The zero-order chi connectivity index (χ0) is 19.8. The molecule has 146 valence electrons. The first kappa shape index (κ1) is 17.6. The molecule has 0 saturated carbocycles. The van der Waals surface area contributed by atoms with E-state index in [9.17, 15) is 4.39 Å². The van der Waals surface area contributed by atoms with Crippen LogP contribution in [-0.4, -0.2) is 40.7 Å². The highest BCUT2D eigenvalue weighted by Gasteiger charge is 2.22. The SMILES string of the molecule is Nc1ccc(-c2c(-c3ccc(F)cc3)nc3c(N4CCOCC4)nccn23)cc1. The number of anilines is 2. The van der Waals surface area contributed by atoms with E-state index in [1.165, 1.54) is 12.1 Å². The second kappa shape index (κ2) is 7.18. The summed E-state index contributed by atoms with van der Waals surface area (Å²) in [6.45, 7) is 2.86. The third-order valence-corrected chi connectivity index (χ3v) is 5.14. The molecule has 2 N–H and O–H groups in total. The summed E-state index contributed by atoms with van der Waals surface area (Å²) in [5.41, 5.74) is 10.9. The Kier molecular flexibility index (Phi) is 4.37. The average Bonchev–Trinajstić information content (AvgIpc) is 3.15. The van der Waals surface area contributed by atoms with E-state index in [2.05, 4.69) is 9.88 Å². The lowest BCUT2D eigenvalue weighted by Crippen LogP contribution is -2.37. The Labute approximate surface area is 167 Å². The Morgan fingerprint density at radius 3 is 2.34 bits per heavy atom. The third kappa shape index (κ3) is 3.19. The number of benzene rings is 2. The minimum Gasteiger partial charge on any atom is -0.399 e. The van der Waals surface area contributed by atoms with Crippen molar-refractivity contribution < 1.29 is 9.13 Å². The Morgan fingerprint density at radius 2 is 1.62 bits per heavy atom. The van der Waals surface area contributed by atoms with Gasteiger partial charge >= 0.3 is 0 Å². The van der Waals surface area contributed by atoms with E-state index in [0.717, 1.165) is 47.1 Å². The highest BCUT2D eigenvalue weighted by molar-refractivity contribution is 5.85. The largest absolute Gasteiger partial charge is 0.399 e. The standard InChI is InChI=1S/C22H20FN5O/c23-17-5-1-15(2-6-17)19-20(16-3-7-18(24)8-4-16)28-10-9-25-21(22(28)26-19)27-11-13-29-14-12-27/h1-10H,11-14,24H2. The smallest absolute Gasteiger partial charge is 0.181 e. The quantitative estimate of drug-likeness (QED) is 0.542. The van der Waals surface area contributed by atoms with Gasteiger partial charge in [0.25, 0.3) is 0 Å². The minimum atomic E-state index is -0.276. The van der Waals surface area contributed by atoms with Crippen LogP contribution in [0, 0.1) is 5.82 Å². The molecule has 5 rings (SSSR count). The first-order valence-corrected chi connectivity index (χ1v) is 9.52. The van der Waals surface area contributed by atoms with Gasteiger partial charge in [0, 0.05) is 42.3 Å². The number of nitrogen functional groups attached to an aromatic ring is 1. The van der Waals surface area contributed by atoms with Crippen molar-refractivity contribution in [3.05, 3.63) is 66.7 Å². The van der Waals surface area contributed by atoms with E-state index < -0.39 is 0 Å². The van der Waals surface area contributed by atoms with Gasteiger partial charge in [-0.2, -0.15) is 0 Å². The van der Waals surface area contributed by atoms with Crippen molar-refractivity contribution >= 4 is 17.2 Å². The third-order valence-electron chi connectivity index (χ3n) is 5.14. The molecule has 29 heavy (non-hydrogen) atoms. The second-order valence-electron chi connectivity index (χ2n) is 6.98. The molecule has 6 nitrogen and oxygen atoms in total. The molecule has 3 heterocycles. The summed E-state index contributed by atoms with van der Waals surface area (Å²) in [6.07, 6.45) is 3.69. The monoisotopic (exact) mass is 389 g/mol. The fourth-order valence-corrected chi connectivity index (χ4v) is 3.69. The summed E-state index contributed by atoms with van der Waals surface area (Å²) in [6, 6.07) is 14.1. The number of morpholine rings is 1. The zero-order valence-electron chi connectivity index (χ0n) is 15.8. The number of ether oxygens (including phenoxy) is 1. The number of imidazole rings is 1. The molecule has 0 radical (unpaired) electrons. The lowest BCUT2D eigenvalue weighted by molar-refractivity contribution is 0.122. The summed E-state index contributed by atoms with van der Waals surface area (Å²) in [4.78, 5) is 11.7. The molecular weight excluding hydrogens is 369 g/mol. The number of nitrogens with two attached hydrogens (primary N) is 1. The molecule has 1 aliphatic rings. The minimum absolute atomic E-state index is 0.276. The van der Waals surface area contributed by atoms with Crippen molar-refractivity contribution in [2.45, 2.75) is 0 Å². The number of hydrogen-bond donors (Lipinski definition) is 1. The van der Waals surface area contributed by atoms with Crippen LogP contribution in [0.3, 0.4) is 0 Å². The first-order chi connectivity index (χ1) is 14.2. The van der Waals surface area contributed by atoms with Gasteiger partial charge in [0.2, 0.25) is 0 Å². The summed E-state index contributed by atoms with van der Waals surface area (Å²) in [7, 11) is 0. The van der Waals surface area contributed by atoms with Crippen molar-refractivity contribution in [2.24, 2.45) is 0 Å². The summed E-state index contributed by atoms with van der Waals surface area (Å²) in [5, 5.41) is 0. The van der Waals surface area contributed by atoms with E-state index in [1.54, 1.807) is 18.3 Å². The van der Waals surface area contributed by atoms with Gasteiger partial charge in [-0.1, -0.05) is 12.1 Å². The highest BCUT2D eigenvalue weighted by atomic mass is 19.1. The number of fused-ring (bicyclic) bond motifs is 1. The molecule has 0 aliphatic carbocycles. The molecule has 0 atom stereocenters. The summed E-state index contributed by atoms with van der Waals surface area (Å²) < 4.78 is 21.0. The maximum absolute atomic E-state index is 13.5. The fraction of sp³-hybridized carbons (Fsp3) is 0.182. The first-order valence-electron chi connectivity index (χ1n) is 9.52. The molecule has 4 aromatic rings. The maximum atomic E-state index is 13.5. The van der Waals surface area contributed by atoms with Gasteiger partial charge in [0.05, 0.1) is 24.6 Å². The van der Waals surface area contributed by atoms with Crippen molar-refractivity contribution in [1.82, 2.24) is 14.4 Å². The second-order valence-corrected chi connectivity index (χ2v) is 6.98. The molecule has 7 heteroatoms. The van der Waals surface area contributed by atoms with Crippen LogP contribution in [0.4, 0.5) is 15.9 Å². The lowest BCUT2D eigenvalue weighted by atomic mass is 10.0. The topological polar surface area (TPSA) is 68.7 Å². The predicted octanol–water partition coefficient (Wildman–Crippen LogP) is 3.62. The number of nitrogens with zero attached hydrogens (tertiary/aromatic N) is 4. The Hall–Kier alpha value is -3.45. The molecule has 0 unspecified atom stereocenters. The molecule has 0 spiro atoms. The van der Waals surface area contributed by atoms with Crippen LogP contribution in [0.15, 0.2) is 60.9 Å². The Bertz CT molecular complexity index is 1150. The molecule has 0 amide bonds. The molecule has 0 bridgehead atoms. The Balaban J connectivity index is 1.76. The van der Waals surface area contributed by atoms with Gasteiger partial charge in [-0.25, -0.2) is 14.4 Å². The van der Waals surface area contributed by atoms with Crippen LogP contribution < -0.4 is 10.6 Å². The van der Waals surface area contributed by atoms with Crippen molar-refractivity contribution in [3.8, 4) is 22.5 Å². The molecule has 1 fully saturated rings. The van der Waals surface area contributed by atoms with Crippen LogP contribution in [0.1, 0.15) is 0 Å². The molecule has 2 aromatic carbocycles. The summed E-state index contributed by atoms with van der Waals surface area (Å²) in [5.74, 6) is 0.545. The Morgan fingerprint density at radius 1 is 0.931 bits per heavy atom. The van der Waals surface area contributed by atoms with Crippen LogP contribution in [0.2, 0.25) is 0 Å². The number of halogens is 1. The lowest BCUT2D eigenvalue weighted by Gasteiger charge is -2.27. The van der Waals surface area contributed by atoms with Crippen LogP contribution in [0.5, 0.6) is 0 Å². The van der Waals surface area contributed by atoms with E-state index in [4.69, 9.17) is 15.5 Å². The van der Waals surface area contributed by atoms with E-state index in [0.29, 0.717) is 18.9 Å². The van der Waals surface area contributed by atoms with Crippen molar-refractivity contribution in [2.75, 3.05) is 36.9 Å². The highest BCUT2D eigenvalue weighted by Crippen LogP contribution is 2.35. The average molecular weight is 389 g/mol. The van der Waals surface area contributed by atoms with Crippen LogP contribution in [0.25, 0.3) is 28.2 Å². The van der Waals surface area contributed by atoms with E-state index >= 15 is 0 Å². The normalized spacial score (nSPS) is 14.4. The number of hydrogen-bond acceptors (Lipinski definition) is 5. The van der Waals surface area contributed by atoms with Gasteiger partial charge in [0.1, 0.15) is 5.82 Å². The summed E-state index contributed by atoms with van der Waals surface area (Å²) >= 11 is 0. The van der Waals surface area contributed by atoms with Gasteiger partial charge in [-0.3, -0.25) is 4.40 Å². The van der Waals surface area contributed by atoms with Crippen LogP contribution in [-0.2, 0) is 4.74 Å².